The normalized spacial score (nSPS) is 11.9. The topological polar surface area (TPSA) is 22.8 Å². The molecule has 0 bridgehead atoms. The van der Waals surface area contributed by atoms with Crippen LogP contribution in [0.4, 0.5) is 0 Å². The standard InChI is InChI=1S/C38H43N3/c1-3-5-7-15-25-40-27-33(30-18-10-13-21-36(30)40)38(32-23-24-39-35-20-12-9-17-29(32)35)34-28-41(26-16-8-6-4-2)37-22-14-11-19-31(34)37/h9-14,17-24,27-28,38H,3-8,15-16,25-26H2,1-2H3. The molecule has 0 saturated carbocycles. The minimum atomic E-state index is 0.103. The van der Waals surface area contributed by atoms with Crippen LogP contribution in [-0.4, -0.2) is 14.1 Å². The second-order valence-electron chi connectivity index (χ2n) is 11.6. The Morgan fingerprint density at radius 2 is 1.05 bits per heavy atom. The predicted molar refractivity (Wildman–Crippen MR) is 175 cm³/mol. The summed E-state index contributed by atoms with van der Waals surface area (Å²) in [5.74, 6) is 0.103. The van der Waals surface area contributed by atoms with Crippen molar-refractivity contribution in [1.29, 1.82) is 0 Å². The largest absolute Gasteiger partial charge is 0.347 e. The van der Waals surface area contributed by atoms with Crippen LogP contribution in [0.2, 0.25) is 0 Å². The lowest BCUT2D eigenvalue weighted by Crippen LogP contribution is -2.05. The van der Waals surface area contributed by atoms with Crippen LogP contribution in [0.1, 0.15) is 87.8 Å². The number of hydrogen-bond acceptors (Lipinski definition) is 1. The third kappa shape index (κ3) is 5.55. The Hall–Kier alpha value is -3.85. The molecule has 0 atom stereocenters. The van der Waals surface area contributed by atoms with E-state index in [2.05, 4.69) is 114 Å². The van der Waals surface area contributed by atoms with E-state index >= 15 is 0 Å². The molecule has 3 aromatic carbocycles. The lowest BCUT2D eigenvalue weighted by Gasteiger charge is -2.19. The molecule has 210 valence electrons. The summed E-state index contributed by atoms with van der Waals surface area (Å²) in [7, 11) is 0. The van der Waals surface area contributed by atoms with Crippen LogP contribution < -0.4 is 0 Å². The van der Waals surface area contributed by atoms with Crippen LogP contribution in [0.5, 0.6) is 0 Å². The predicted octanol–water partition coefficient (Wildman–Crippen LogP) is 10.5. The lowest BCUT2D eigenvalue weighted by atomic mass is 9.83. The maximum atomic E-state index is 4.75. The molecule has 0 saturated heterocycles. The summed E-state index contributed by atoms with van der Waals surface area (Å²) in [6.07, 6.45) is 17.0. The third-order valence-corrected chi connectivity index (χ3v) is 8.76. The van der Waals surface area contributed by atoms with Crippen LogP contribution in [0.15, 0.2) is 97.5 Å². The number of pyridine rings is 1. The molecule has 0 unspecified atom stereocenters. The minimum absolute atomic E-state index is 0.103. The van der Waals surface area contributed by atoms with Crippen LogP contribution in [0.25, 0.3) is 32.7 Å². The van der Waals surface area contributed by atoms with Crippen molar-refractivity contribution in [1.82, 2.24) is 14.1 Å². The Balaban J connectivity index is 1.55. The Morgan fingerprint density at radius 1 is 0.537 bits per heavy atom. The zero-order valence-corrected chi connectivity index (χ0v) is 24.7. The van der Waals surface area contributed by atoms with Gasteiger partial charge in [-0.15, -0.1) is 0 Å². The number of rotatable bonds is 13. The molecule has 6 aromatic rings. The first-order valence-corrected chi connectivity index (χ1v) is 15.8. The van der Waals surface area contributed by atoms with Crippen LogP contribution in [0.3, 0.4) is 0 Å². The number of benzene rings is 3. The fraction of sp³-hybridized carbons (Fsp3) is 0.342. The smallest absolute Gasteiger partial charge is 0.0705 e. The summed E-state index contributed by atoms with van der Waals surface area (Å²) in [4.78, 5) is 4.75. The molecule has 6 rings (SSSR count). The van der Waals surface area contributed by atoms with Gasteiger partial charge in [-0.3, -0.25) is 4.98 Å². The van der Waals surface area contributed by atoms with Gasteiger partial charge in [0.05, 0.1) is 5.52 Å². The molecule has 3 heteroatoms. The molecule has 0 spiro atoms. The highest BCUT2D eigenvalue weighted by molar-refractivity contribution is 5.92. The summed E-state index contributed by atoms with van der Waals surface area (Å²) >= 11 is 0. The lowest BCUT2D eigenvalue weighted by molar-refractivity contribution is 0.591. The highest BCUT2D eigenvalue weighted by Crippen LogP contribution is 2.43. The molecule has 0 fully saturated rings. The van der Waals surface area contributed by atoms with Crippen molar-refractivity contribution >= 4 is 32.7 Å². The maximum absolute atomic E-state index is 4.75. The van der Waals surface area contributed by atoms with E-state index in [4.69, 9.17) is 4.98 Å². The van der Waals surface area contributed by atoms with Gasteiger partial charge in [0, 0.05) is 64.8 Å². The summed E-state index contributed by atoms with van der Waals surface area (Å²) in [5.41, 5.74) is 7.85. The molecule has 0 aliphatic carbocycles. The third-order valence-electron chi connectivity index (χ3n) is 8.76. The second kappa shape index (κ2) is 12.8. The van der Waals surface area contributed by atoms with Gasteiger partial charge in [0.15, 0.2) is 0 Å². The molecule has 41 heavy (non-hydrogen) atoms. The average molecular weight is 542 g/mol. The Bertz CT molecular complexity index is 1640. The number of unbranched alkanes of at least 4 members (excludes halogenated alkanes) is 6. The molecular formula is C38H43N3. The van der Waals surface area contributed by atoms with Gasteiger partial charge in [0.25, 0.3) is 0 Å². The monoisotopic (exact) mass is 541 g/mol. The van der Waals surface area contributed by atoms with Crippen molar-refractivity contribution in [3.05, 3.63) is 114 Å². The van der Waals surface area contributed by atoms with Crippen LogP contribution in [0, 0.1) is 0 Å². The van der Waals surface area contributed by atoms with Crippen molar-refractivity contribution in [2.45, 2.75) is 84.2 Å². The molecule has 0 radical (unpaired) electrons. The Labute approximate surface area is 244 Å². The number of hydrogen-bond donors (Lipinski definition) is 0. The first kappa shape index (κ1) is 27.3. The zero-order chi connectivity index (χ0) is 28.0. The number of aryl methyl sites for hydroxylation is 2. The molecular weight excluding hydrogens is 498 g/mol. The van der Waals surface area contributed by atoms with E-state index in [-0.39, 0.29) is 5.92 Å². The molecule has 0 amide bonds. The van der Waals surface area contributed by atoms with Gasteiger partial charge < -0.3 is 9.13 Å². The van der Waals surface area contributed by atoms with E-state index in [1.165, 1.54) is 95.2 Å². The van der Waals surface area contributed by atoms with Gasteiger partial charge in [-0.1, -0.05) is 107 Å². The first-order valence-electron chi connectivity index (χ1n) is 15.8. The Kier molecular flexibility index (Phi) is 8.51. The van der Waals surface area contributed by atoms with Gasteiger partial charge in [-0.25, -0.2) is 0 Å². The van der Waals surface area contributed by atoms with Gasteiger partial charge in [0.2, 0.25) is 0 Å². The van der Waals surface area contributed by atoms with Crippen LogP contribution in [-0.2, 0) is 13.1 Å². The van der Waals surface area contributed by atoms with Crippen molar-refractivity contribution in [3.63, 3.8) is 0 Å². The fourth-order valence-electron chi connectivity index (χ4n) is 6.67. The van der Waals surface area contributed by atoms with E-state index in [0.717, 1.165) is 18.6 Å². The van der Waals surface area contributed by atoms with E-state index in [0.29, 0.717) is 0 Å². The minimum Gasteiger partial charge on any atom is -0.347 e. The van der Waals surface area contributed by atoms with Gasteiger partial charge in [-0.05, 0) is 53.8 Å². The molecule has 3 nitrogen and oxygen atoms in total. The maximum Gasteiger partial charge on any atom is 0.0705 e. The molecule has 0 aliphatic rings. The average Bonchev–Trinajstić information content (AvgIpc) is 3.57. The van der Waals surface area contributed by atoms with E-state index in [1.54, 1.807) is 0 Å². The number of nitrogens with zero attached hydrogens (tertiary/aromatic N) is 3. The van der Waals surface area contributed by atoms with Crippen molar-refractivity contribution in [2.75, 3.05) is 0 Å². The fourth-order valence-corrected chi connectivity index (χ4v) is 6.67. The van der Waals surface area contributed by atoms with Gasteiger partial charge >= 0.3 is 0 Å². The number of fused-ring (bicyclic) bond motifs is 3. The van der Waals surface area contributed by atoms with Gasteiger partial charge in [-0.2, -0.15) is 0 Å². The summed E-state index contributed by atoms with van der Waals surface area (Å²) in [5, 5.41) is 3.95. The zero-order valence-electron chi connectivity index (χ0n) is 24.7. The van der Waals surface area contributed by atoms with Crippen molar-refractivity contribution in [3.8, 4) is 0 Å². The highest BCUT2D eigenvalue weighted by atomic mass is 15.0. The van der Waals surface area contributed by atoms with Crippen molar-refractivity contribution in [2.24, 2.45) is 0 Å². The van der Waals surface area contributed by atoms with Crippen molar-refractivity contribution < 1.29 is 0 Å². The number of aromatic nitrogens is 3. The second-order valence-corrected chi connectivity index (χ2v) is 11.6. The Morgan fingerprint density at radius 3 is 1.61 bits per heavy atom. The van der Waals surface area contributed by atoms with E-state index in [1.807, 2.05) is 6.20 Å². The van der Waals surface area contributed by atoms with Crippen LogP contribution >= 0.6 is 0 Å². The molecule has 3 aromatic heterocycles. The SMILES string of the molecule is CCCCCCn1cc(C(c2ccnc3ccccc23)c2cn(CCCCCC)c3ccccc23)c2ccccc21. The van der Waals surface area contributed by atoms with E-state index in [9.17, 15) is 0 Å². The number of para-hydroxylation sites is 3. The molecule has 0 aliphatic heterocycles. The van der Waals surface area contributed by atoms with Gasteiger partial charge in [0.1, 0.15) is 0 Å². The summed E-state index contributed by atoms with van der Waals surface area (Å²) in [6.45, 7) is 6.69. The first-order chi connectivity index (χ1) is 20.3. The molecule has 3 heterocycles. The highest BCUT2D eigenvalue weighted by Gasteiger charge is 2.27. The van der Waals surface area contributed by atoms with E-state index < -0.39 is 0 Å². The summed E-state index contributed by atoms with van der Waals surface area (Å²) in [6, 6.07) is 28.9. The summed E-state index contributed by atoms with van der Waals surface area (Å²) < 4.78 is 5.03. The molecule has 0 N–H and O–H groups in total. The quantitative estimate of drug-likeness (QED) is 0.133.